The summed E-state index contributed by atoms with van der Waals surface area (Å²) in [7, 11) is 0. The van der Waals surface area contributed by atoms with Gasteiger partial charge in [0.15, 0.2) is 0 Å². The zero-order valence-electron chi connectivity index (χ0n) is 6.09. The first-order valence-corrected chi connectivity index (χ1v) is 3.23. The second-order valence-electron chi connectivity index (χ2n) is 2.88. The van der Waals surface area contributed by atoms with Crippen molar-refractivity contribution in [2.24, 2.45) is 5.92 Å². The first-order chi connectivity index (χ1) is 3.70. The van der Waals surface area contributed by atoms with Crippen molar-refractivity contribution >= 4 is 0 Å². The molecule has 0 unspecified atom stereocenters. The molecule has 0 aromatic heterocycles. The van der Waals surface area contributed by atoms with E-state index in [-0.39, 0.29) is 38.8 Å². The molecule has 1 N–H and O–H groups in total. The first-order valence-electron chi connectivity index (χ1n) is 3.23. The predicted octanol–water partition coefficient (Wildman–Crippen LogP) is 1.37. The van der Waals surface area contributed by atoms with Crippen molar-refractivity contribution in [3.05, 3.63) is 5.92 Å². The molecule has 1 radical (unpaired) electrons. The zero-order chi connectivity index (χ0) is 6.15. The molecule has 0 saturated heterocycles. The summed E-state index contributed by atoms with van der Waals surface area (Å²) in [5.74, 6) is 2.22. The largest absolute Gasteiger partial charge is 0.398 e. The van der Waals surface area contributed by atoms with Crippen molar-refractivity contribution in [3.63, 3.8) is 0 Å². The van der Waals surface area contributed by atoms with Gasteiger partial charge in [0.05, 0.1) is 0 Å². The maximum atomic E-state index is 8.85. The standard InChI is InChI=1S/C7H13O.Y/c1-5(2)6-3-7(8)4-6;/h5,7-8H,3-4H2,1-2H3;/q-1;. The molecule has 0 aromatic carbocycles. The third-order valence-corrected chi connectivity index (χ3v) is 1.81. The van der Waals surface area contributed by atoms with E-state index in [0.717, 1.165) is 12.8 Å². The molecule has 51 valence electrons. The van der Waals surface area contributed by atoms with Gasteiger partial charge in [-0.05, 0) is 0 Å². The average Bonchev–Trinajstić information content (AvgIpc) is 1.57. The Labute approximate surface area is 82.1 Å². The van der Waals surface area contributed by atoms with Gasteiger partial charge in [-0.3, -0.25) is 0 Å². The van der Waals surface area contributed by atoms with Crippen LogP contribution >= 0.6 is 0 Å². The van der Waals surface area contributed by atoms with Gasteiger partial charge in [0.1, 0.15) is 0 Å². The molecule has 2 heteroatoms. The number of rotatable bonds is 1. The number of aliphatic hydroxyl groups is 1. The van der Waals surface area contributed by atoms with E-state index in [9.17, 15) is 0 Å². The Hall–Kier alpha value is 1.06. The molecule has 0 aliphatic heterocycles. The normalized spacial score (nSPS) is 21.3. The van der Waals surface area contributed by atoms with E-state index in [1.807, 2.05) is 0 Å². The Bertz CT molecular complexity index is 77.0. The van der Waals surface area contributed by atoms with Crippen LogP contribution in [-0.4, -0.2) is 11.2 Å². The topological polar surface area (TPSA) is 20.2 Å². The van der Waals surface area contributed by atoms with Crippen LogP contribution in [0.25, 0.3) is 0 Å². The Morgan fingerprint density at radius 2 is 1.89 bits per heavy atom. The molecule has 1 aliphatic rings. The monoisotopic (exact) mass is 202 g/mol. The number of hydrogen-bond acceptors (Lipinski definition) is 1. The fourth-order valence-corrected chi connectivity index (χ4v) is 1.02. The van der Waals surface area contributed by atoms with E-state index in [1.165, 1.54) is 5.92 Å². The summed E-state index contributed by atoms with van der Waals surface area (Å²) < 4.78 is 0. The van der Waals surface area contributed by atoms with Gasteiger partial charge in [-0.1, -0.05) is 13.8 Å². The van der Waals surface area contributed by atoms with E-state index in [0.29, 0.717) is 5.92 Å². The molecular weight excluding hydrogens is 189 g/mol. The maximum Gasteiger partial charge on any atom is 0.000704 e. The third kappa shape index (κ3) is 2.65. The minimum absolute atomic E-state index is 0. The smallest absolute Gasteiger partial charge is 0.000704 e. The van der Waals surface area contributed by atoms with E-state index < -0.39 is 0 Å². The van der Waals surface area contributed by atoms with Gasteiger partial charge in [0.2, 0.25) is 0 Å². The molecule has 0 aromatic rings. The molecule has 1 fully saturated rings. The predicted molar refractivity (Wildman–Crippen MR) is 33.3 cm³/mol. The van der Waals surface area contributed by atoms with Crippen LogP contribution in [-0.2, 0) is 32.7 Å². The summed E-state index contributed by atoms with van der Waals surface area (Å²) in [6, 6.07) is 0. The van der Waals surface area contributed by atoms with Crippen molar-refractivity contribution in [3.8, 4) is 0 Å². The Morgan fingerprint density at radius 1 is 1.44 bits per heavy atom. The minimum Gasteiger partial charge on any atom is -0.398 e. The number of aliphatic hydroxyl groups excluding tert-OH is 1. The van der Waals surface area contributed by atoms with Crippen LogP contribution in [0, 0.1) is 11.8 Å². The minimum atomic E-state index is -0.00704. The van der Waals surface area contributed by atoms with E-state index in [2.05, 4.69) is 13.8 Å². The van der Waals surface area contributed by atoms with Crippen molar-refractivity contribution in [2.75, 3.05) is 0 Å². The van der Waals surface area contributed by atoms with Crippen molar-refractivity contribution < 1.29 is 37.8 Å². The zero-order valence-corrected chi connectivity index (χ0v) is 8.93. The molecule has 1 nitrogen and oxygen atoms in total. The van der Waals surface area contributed by atoms with Crippen molar-refractivity contribution in [1.82, 2.24) is 0 Å². The molecule has 0 spiro atoms. The molecule has 1 rings (SSSR count). The average molecular weight is 202 g/mol. The summed E-state index contributed by atoms with van der Waals surface area (Å²) in [5.41, 5.74) is 0. The van der Waals surface area contributed by atoms with Gasteiger partial charge in [-0.25, -0.2) is 0 Å². The molecule has 0 heterocycles. The second kappa shape index (κ2) is 4.05. The fourth-order valence-electron chi connectivity index (χ4n) is 1.02. The van der Waals surface area contributed by atoms with Gasteiger partial charge < -0.3 is 11.0 Å². The molecule has 9 heavy (non-hydrogen) atoms. The third-order valence-electron chi connectivity index (χ3n) is 1.81. The first kappa shape index (κ1) is 10.1. The molecule has 0 bridgehead atoms. The number of hydrogen-bond donors (Lipinski definition) is 1. The van der Waals surface area contributed by atoms with Crippen LogP contribution in [0.15, 0.2) is 0 Å². The fraction of sp³-hybridized carbons (Fsp3) is 0.857. The molecule has 0 atom stereocenters. The van der Waals surface area contributed by atoms with Gasteiger partial charge in [-0.2, -0.15) is 18.8 Å². The summed E-state index contributed by atoms with van der Waals surface area (Å²) in [4.78, 5) is 0. The van der Waals surface area contributed by atoms with E-state index in [1.54, 1.807) is 0 Å². The van der Waals surface area contributed by atoms with Gasteiger partial charge >= 0.3 is 0 Å². The SMILES string of the molecule is CC(C)[C-]1CC(O)C1.[Y]. The van der Waals surface area contributed by atoms with Gasteiger partial charge in [0.25, 0.3) is 0 Å². The molecule has 0 amide bonds. The summed E-state index contributed by atoms with van der Waals surface area (Å²) in [5, 5.41) is 8.85. The van der Waals surface area contributed by atoms with Crippen molar-refractivity contribution in [2.45, 2.75) is 32.8 Å². The maximum absolute atomic E-state index is 8.85. The van der Waals surface area contributed by atoms with Crippen LogP contribution in [0.4, 0.5) is 0 Å². The Balaban J connectivity index is 0.000000640. The molecule has 1 saturated carbocycles. The van der Waals surface area contributed by atoms with Crippen LogP contribution in [0.1, 0.15) is 26.7 Å². The molecular formula is C7H13OY-. The summed E-state index contributed by atoms with van der Waals surface area (Å²) >= 11 is 0. The van der Waals surface area contributed by atoms with Crippen molar-refractivity contribution in [1.29, 1.82) is 0 Å². The Kier molecular flexibility index (Phi) is 4.53. The quantitative estimate of drug-likeness (QED) is 0.636. The van der Waals surface area contributed by atoms with Crippen LogP contribution < -0.4 is 0 Å². The van der Waals surface area contributed by atoms with E-state index in [4.69, 9.17) is 5.11 Å². The summed E-state index contributed by atoms with van der Waals surface area (Å²) in [6.07, 6.45) is 1.90. The van der Waals surface area contributed by atoms with Crippen LogP contribution in [0.3, 0.4) is 0 Å². The van der Waals surface area contributed by atoms with E-state index >= 15 is 0 Å². The Morgan fingerprint density at radius 3 is 2.00 bits per heavy atom. The van der Waals surface area contributed by atoms with Crippen LogP contribution in [0.2, 0.25) is 0 Å². The van der Waals surface area contributed by atoms with Gasteiger partial charge in [0, 0.05) is 38.8 Å². The molecule has 1 aliphatic carbocycles. The van der Waals surface area contributed by atoms with Gasteiger partial charge in [-0.15, -0.1) is 0 Å². The summed E-state index contributed by atoms with van der Waals surface area (Å²) in [6.45, 7) is 4.36. The second-order valence-corrected chi connectivity index (χ2v) is 2.88. The van der Waals surface area contributed by atoms with Crippen LogP contribution in [0.5, 0.6) is 0 Å².